The summed E-state index contributed by atoms with van der Waals surface area (Å²) < 4.78 is 5.19. The second-order valence-corrected chi connectivity index (χ2v) is 8.89. The SMILES string of the molecule is CCN(CCNC(=O)OC(C)(C)C)C(=O)c1ccc(NC(=O)CCCCCCC(=O)NO)cc1. The molecular formula is C24H38N4O6. The maximum absolute atomic E-state index is 12.8. The molecule has 0 aliphatic heterocycles. The van der Waals surface area contributed by atoms with Gasteiger partial charge in [0.15, 0.2) is 0 Å². The van der Waals surface area contributed by atoms with E-state index in [1.807, 2.05) is 6.92 Å². The van der Waals surface area contributed by atoms with E-state index in [1.165, 1.54) is 0 Å². The number of nitrogens with zero attached hydrogens (tertiary/aromatic N) is 1. The summed E-state index contributed by atoms with van der Waals surface area (Å²) in [6.07, 6.45) is 3.09. The average molecular weight is 479 g/mol. The molecule has 10 nitrogen and oxygen atoms in total. The zero-order valence-corrected chi connectivity index (χ0v) is 20.6. The summed E-state index contributed by atoms with van der Waals surface area (Å²) in [4.78, 5) is 49.2. The highest BCUT2D eigenvalue weighted by Gasteiger charge is 2.17. The summed E-state index contributed by atoms with van der Waals surface area (Å²) in [5.74, 6) is -0.684. The summed E-state index contributed by atoms with van der Waals surface area (Å²) in [7, 11) is 0. The monoisotopic (exact) mass is 478 g/mol. The first-order valence-corrected chi connectivity index (χ1v) is 11.6. The molecule has 0 aliphatic rings. The van der Waals surface area contributed by atoms with Crippen molar-refractivity contribution in [3.8, 4) is 0 Å². The molecule has 0 aromatic heterocycles. The minimum Gasteiger partial charge on any atom is -0.444 e. The van der Waals surface area contributed by atoms with Crippen LogP contribution < -0.4 is 16.1 Å². The predicted molar refractivity (Wildman–Crippen MR) is 129 cm³/mol. The second kappa shape index (κ2) is 14.9. The fraction of sp³-hybridized carbons (Fsp3) is 0.583. The van der Waals surface area contributed by atoms with Gasteiger partial charge in [-0.25, -0.2) is 10.3 Å². The van der Waals surface area contributed by atoms with Gasteiger partial charge in [0.05, 0.1) is 0 Å². The number of nitrogens with one attached hydrogen (secondary N) is 3. The summed E-state index contributed by atoms with van der Waals surface area (Å²) in [6, 6.07) is 6.69. The maximum Gasteiger partial charge on any atom is 0.407 e. The molecule has 0 saturated carbocycles. The van der Waals surface area contributed by atoms with Crippen LogP contribution in [0.3, 0.4) is 0 Å². The molecule has 4 N–H and O–H groups in total. The Morgan fingerprint density at radius 1 is 0.941 bits per heavy atom. The van der Waals surface area contributed by atoms with Crippen LogP contribution in [0.1, 0.15) is 76.6 Å². The van der Waals surface area contributed by atoms with E-state index in [-0.39, 0.29) is 24.8 Å². The molecule has 1 aromatic carbocycles. The van der Waals surface area contributed by atoms with Crippen molar-refractivity contribution in [2.45, 2.75) is 71.8 Å². The number of anilines is 1. The van der Waals surface area contributed by atoms with E-state index >= 15 is 0 Å². The minimum atomic E-state index is -0.582. The fourth-order valence-electron chi connectivity index (χ4n) is 3.09. The maximum atomic E-state index is 12.8. The Bertz CT molecular complexity index is 805. The van der Waals surface area contributed by atoms with Crippen LogP contribution >= 0.6 is 0 Å². The van der Waals surface area contributed by atoms with E-state index in [4.69, 9.17) is 9.94 Å². The van der Waals surface area contributed by atoms with Gasteiger partial charge in [-0.15, -0.1) is 0 Å². The van der Waals surface area contributed by atoms with Crippen LogP contribution in [0.2, 0.25) is 0 Å². The number of carbonyl (C=O) groups is 4. The van der Waals surface area contributed by atoms with Crippen molar-refractivity contribution < 1.29 is 29.1 Å². The molecule has 0 atom stereocenters. The van der Waals surface area contributed by atoms with Crippen molar-refractivity contribution in [2.24, 2.45) is 0 Å². The number of unbranched alkanes of at least 4 members (excludes halogenated alkanes) is 3. The van der Waals surface area contributed by atoms with Crippen molar-refractivity contribution in [1.29, 1.82) is 0 Å². The Labute approximate surface area is 201 Å². The van der Waals surface area contributed by atoms with Crippen LogP contribution in [0.25, 0.3) is 0 Å². The molecule has 0 unspecified atom stereocenters. The molecule has 190 valence electrons. The fourth-order valence-corrected chi connectivity index (χ4v) is 3.09. The van der Waals surface area contributed by atoms with Gasteiger partial charge < -0.3 is 20.3 Å². The van der Waals surface area contributed by atoms with Gasteiger partial charge in [-0.05, 0) is 64.8 Å². The number of carbonyl (C=O) groups excluding carboxylic acids is 4. The Balaban J connectivity index is 2.41. The summed E-state index contributed by atoms with van der Waals surface area (Å²) in [5.41, 5.74) is 2.11. The molecule has 0 radical (unpaired) electrons. The van der Waals surface area contributed by atoms with E-state index in [0.29, 0.717) is 43.6 Å². The number of hydroxylamine groups is 1. The van der Waals surface area contributed by atoms with Crippen molar-refractivity contribution >= 4 is 29.5 Å². The number of likely N-dealkylation sites (N-methyl/N-ethyl adjacent to an activating group) is 1. The number of rotatable bonds is 13. The molecular weight excluding hydrogens is 440 g/mol. The topological polar surface area (TPSA) is 137 Å². The van der Waals surface area contributed by atoms with Gasteiger partial charge in [0, 0.05) is 43.7 Å². The van der Waals surface area contributed by atoms with E-state index in [9.17, 15) is 19.2 Å². The van der Waals surface area contributed by atoms with Crippen molar-refractivity contribution in [2.75, 3.05) is 25.0 Å². The molecule has 1 aromatic rings. The summed E-state index contributed by atoms with van der Waals surface area (Å²) >= 11 is 0. The van der Waals surface area contributed by atoms with Gasteiger partial charge in [-0.1, -0.05) is 12.8 Å². The third-order valence-corrected chi connectivity index (χ3v) is 4.82. The van der Waals surface area contributed by atoms with Crippen LogP contribution in [0, 0.1) is 0 Å². The predicted octanol–water partition coefficient (Wildman–Crippen LogP) is 3.46. The Hall–Kier alpha value is -3.14. The van der Waals surface area contributed by atoms with Crippen molar-refractivity contribution in [3.05, 3.63) is 29.8 Å². The van der Waals surface area contributed by atoms with Gasteiger partial charge >= 0.3 is 6.09 Å². The molecule has 0 heterocycles. The smallest absolute Gasteiger partial charge is 0.407 e. The van der Waals surface area contributed by atoms with Gasteiger partial charge in [-0.3, -0.25) is 19.6 Å². The van der Waals surface area contributed by atoms with Crippen LogP contribution in [0.4, 0.5) is 10.5 Å². The van der Waals surface area contributed by atoms with Crippen molar-refractivity contribution in [3.63, 3.8) is 0 Å². The number of benzene rings is 1. The normalized spacial score (nSPS) is 10.9. The van der Waals surface area contributed by atoms with Gasteiger partial charge in [-0.2, -0.15) is 0 Å². The van der Waals surface area contributed by atoms with Crippen LogP contribution in [0.15, 0.2) is 24.3 Å². The summed E-state index contributed by atoms with van der Waals surface area (Å²) in [5, 5.41) is 13.9. The highest BCUT2D eigenvalue weighted by atomic mass is 16.6. The Kier molecular flexibility index (Phi) is 12.7. The average Bonchev–Trinajstić information content (AvgIpc) is 2.77. The number of ether oxygens (including phenoxy) is 1. The largest absolute Gasteiger partial charge is 0.444 e. The number of hydrogen-bond donors (Lipinski definition) is 4. The second-order valence-electron chi connectivity index (χ2n) is 8.89. The van der Waals surface area contributed by atoms with Gasteiger partial charge in [0.25, 0.3) is 5.91 Å². The van der Waals surface area contributed by atoms with E-state index in [2.05, 4.69) is 10.6 Å². The number of hydrogen-bond acceptors (Lipinski definition) is 6. The first-order valence-electron chi connectivity index (χ1n) is 11.6. The number of alkyl carbamates (subject to hydrolysis) is 1. The van der Waals surface area contributed by atoms with Crippen LogP contribution in [-0.2, 0) is 14.3 Å². The molecule has 1 rings (SSSR count). The van der Waals surface area contributed by atoms with E-state index < -0.39 is 17.6 Å². The van der Waals surface area contributed by atoms with Crippen LogP contribution in [-0.4, -0.2) is 59.2 Å². The van der Waals surface area contributed by atoms with Crippen LogP contribution in [0.5, 0.6) is 0 Å². The first-order chi connectivity index (χ1) is 16.1. The number of amides is 4. The zero-order valence-electron chi connectivity index (χ0n) is 20.6. The standard InChI is InChI=1S/C24H38N4O6/c1-5-28(17-16-25-23(32)34-24(2,3)4)22(31)18-12-14-19(15-13-18)26-20(29)10-8-6-7-9-11-21(30)27-33/h12-15,33H,5-11,16-17H2,1-4H3,(H,25,32)(H,26,29)(H,27,30). The quantitative estimate of drug-likeness (QED) is 0.195. The molecule has 0 bridgehead atoms. The lowest BCUT2D eigenvalue weighted by atomic mass is 10.1. The summed E-state index contributed by atoms with van der Waals surface area (Å²) in [6.45, 7) is 8.32. The minimum absolute atomic E-state index is 0.115. The Morgan fingerprint density at radius 2 is 1.53 bits per heavy atom. The molecule has 34 heavy (non-hydrogen) atoms. The lowest BCUT2D eigenvalue weighted by Gasteiger charge is -2.23. The van der Waals surface area contributed by atoms with Gasteiger partial charge in [0.1, 0.15) is 5.60 Å². The molecule has 0 aliphatic carbocycles. The van der Waals surface area contributed by atoms with Gasteiger partial charge in [0.2, 0.25) is 11.8 Å². The third kappa shape index (κ3) is 12.2. The first kappa shape index (κ1) is 28.9. The molecule has 0 saturated heterocycles. The zero-order chi connectivity index (χ0) is 25.6. The highest BCUT2D eigenvalue weighted by molar-refractivity contribution is 5.95. The van der Waals surface area contributed by atoms with Crippen molar-refractivity contribution in [1.82, 2.24) is 15.7 Å². The lowest BCUT2D eigenvalue weighted by molar-refractivity contribution is -0.129. The molecule has 0 fully saturated rings. The lowest BCUT2D eigenvalue weighted by Crippen LogP contribution is -2.40. The molecule has 4 amide bonds. The molecule has 0 spiro atoms. The third-order valence-electron chi connectivity index (χ3n) is 4.82. The Morgan fingerprint density at radius 3 is 2.06 bits per heavy atom. The molecule has 10 heteroatoms. The van der Waals surface area contributed by atoms with E-state index in [0.717, 1.165) is 12.8 Å². The highest BCUT2D eigenvalue weighted by Crippen LogP contribution is 2.13. The van der Waals surface area contributed by atoms with E-state index in [1.54, 1.807) is 55.4 Å².